The molecule has 0 spiro atoms. The van der Waals surface area contributed by atoms with Crippen LogP contribution in [0.15, 0.2) is 48.0 Å². The molecular formula is C22H23N3O2S. The molecular weight excluding hydrogens is 370 g/mol. The number of nitrogens with zero attached hydrogens (tertiary/aromatic N) is 3. The van der Waals surface area contributed by atoms with Gasteiger partial charge in [0.15, 0.2) is 0 Å². The number of hydrogen-bond donors (Lipinski definition) is 0. The standard InChI is InChI=1S/C22H23N3O2S/c1-15-21(28-14-23-15)22(26)25-11-5-7-17(13-25)20-10-4-9-19(24-20)16-6-3-8-18(12-16)27-2/h3-4,6,8-10,12,14,17H,5,7,11,13H2,1-2H3. The molecule has 6 heteroatoms. The van der Waals surface area contributed by atoms with Gasteiger partial charge in [-0.1, -0.05) is 18.2 Å². The number of benzene rings is 1. The first-order chi connectivity index (χ1) is 13.7. The Morgan fingerprint density at radius 3 is 2.89 bits per heavy atom. The molecule has 0 aliphatic carbocycles. The molecule has 1 fully saturated rings. The Kier molecular flexibility index (Phi) is 5.39. The molecule has 3 aromatic rings. The average Bonchev–Trinajstić information content (AvgIpc) is 3.19. The Bertz CT molecular complexity index is 985. The van der Waals surface area contributed by atoms with E-state index in [4.69, 9.17) is 9.72 Å². The Hall–Kier alpha value is -2.73. The van der Waals surface area contributed by atoms with Gasteiger partial charge in [0.25, 0.3) is 5.91 Å². The summed E-state index contributed by atoms with van der Waals surface area (Å²) in [5, 5.41) is 0. The Balaban J connectivity index is 1.55. The number of amides is 1. The summed E-state index contributed by atoms with van der Waals surface area (Å²) in [7, 11) is 1.67. The summed E-state index contributed by atoms with van der Waals surface area (Å²) < 4.78 is 5.33. The van der Waals surface area contributed by atoms with Crippen LogP contribution in [0.3, 0.4) is 0 Å². The lowest BCUT2D eigenvalue weighted by molar-refractivity contribution is 0.0710. The van der Waals surface area contributed by atoms with Gasteiger partial charge < -0.3 is 9.64 Å². The van der Waals surface area contributed by atoms with Crippen LogP contribution in [0.1, 0.15) is 39.8 Å². The molecule has 1 amide bonds. The zero-order valence-corrected chi connectivity index (χ0v) is 16.9. The summed E-state index contributed by atoms with van der Waals surface area (Å²) in [6.07, 6.45) is 2.03. The molecule has 144 valence electrons. The van der Waals surface area contributed by atoms with E-state index in [1.165, 1.54) is 11.3 Å². The van der Waals surface area contributed by atoms with Gasteiger partial charge in [0.2, 0.25) is 0 Å². The molecule has 0 bridgehead atoms. The third-order valence-corrected chi connectivity index (χ3v) is 6.12. The van der Waals surface area contributed by atoms with Crippen LogP contribution < -0.4 is 4.74 Å². The highest BCUT2D eigenvalue weighted by atomic mass is 32.1. The van der Waals surface area contributed by atoms with Crippen LogP contribution in [0, 0.1) is 6.92 Å². The van der Waals surface area contributed by atoms with E-state index in [2.05, 4.69) is 11.1 Å². The van der Waals surface area contributed by atoms with Gasteiger partial charge in [0, 0.05) is 30.3 Å². The summed E-state index contributed by atoms with van der Waals surface area (Å²) in [4.78, 5) is 24.7. The molecule has 3 heterocycles. The minimum absolute atomic E-state index is 0.0913. The van der Waals surface area contributed by atoms with Crippen LogP contribution in [0.2, 0.25) is 0 Å². The van der Waals surface area contributed by atoms with Crippen LogP contribution >= 0.6 is 11.3 Å². The van der Waals surface area contributed by atoms with Crippen LogP contribution in [0.25, 0.3) is 11.3 Å². The number of pyridine rings is 1. The van der Waals surface area contributed by atoms with E-state index < -0.39 is 0 Å². The van der Waals surface area contributed by atoms with E-state index in [0.717, 1.165) is 52.7 Å². The second kappa shape index (κ2) is 8.10. The first-order valence-corrected chi connectivity index (χ1v) is 10.3. The second-order valence-corrected chi connectivity index (χ2v) is 7.89. The lowest BCUT2D eigenvalue weighted by Crippen LogP contribution is -2.39. The minimum atomic E-state index is 0.0913. The number of carbonyl (C=O) groups excluding carboxylic acids is 1. The van der Waals surface area contributed by atoms with Crippen molar-refractivity contribution in [1.82, 2.24) is 14.9 Å². The second-order valence-electron chi connectivity index (χ2n) is 7.04. The van der Waals surface area contributed by atoms with Crippen LogP contribution in [-0.4, -0.2) is 41.0 Å². The fourth-order valence-corrected chi connectivity index (χ4v) is 4.45. The van der Waals surface area contributed by atoms with Crippen molar-refractivity contribution >= 4 is 17.2 Å². The Morgan fingerprint density at radius 1 is 1.25 bits per heavy atom. The smallest absolute Gasteiger partial charge is 0.265 e. The Labute approximate surface area is 169 Å². The van der Waals surface area contributed by atoms with E-state index in [9.17, 15) is 4.79 Å². The summed E-state index contributed by atoms with van der Waals surface area (Å²) in [6.45, 7) is 3.39. The van der Waals surface area contributed by atoms with E-state index in [-0.39, 0.29) is 11.8 Å². The molecule has 0 saturated carbocycles. The van der Waals surface area contributed by atoms with Gasteiger partial charge in [-0.25, -0.2) is 4.98 Å². The highest BCUT2D eigenvalue weighted by Crippen LogP contribution is 2.30. The largest absolute Gasteiger partial charge is 0.497 e. The third kappa shape index (κ3) is 3.78. The summed E-state index contributed by atoms with van der Waals surface area (Å²) in [6, 6.07) is 14.1. The molecule has 0 N–H and O–H groups in total. The number of likely N-dealkylation sites (tertiary alicyclic amines) is 1. The molecule has 1 saturated heterocycles. The highest BCUT2D eigenvalue weighted by Gasteiger charge is 2.28. The number of hydrogen-bond acceptors (Lipinski definition) is 5. The van der Waals surface area contributed by atoms with Crippen LogP contribution in [-0.2, 0) is 0 Å². The SMILES string of the molecule is COc1cccc(-c2cccc(C3CCCN(C(=O)c4scnc4C)C3)n2)c1. The Morgan fingerprint density at radius 2 is 2.11 bits per heavy atom. The number of ether oxygens (including phenoxy) is 1. The molecule has 1 unspecified atom stereocenters. The molecule has 5 nitrogen and oxygen atoms in total. The first kappa shape index (κ1) is 18.6. The maximum atomic E-state index is 12.9. The van der Waals surface area contributed by atoms with Crippen molar-refractivity contribution in [1.29, 1.82) is 0 Å². The lowest BCUT2D eigenvalue weighted by Gasteiger charge is -2.32. The minimum Gasteiger partial charge on any atom is -0.497 e. The van der Waals surface area contributed by atoms with E-state index >= 15 is 0 Å². The van der Waals surface area contributed by atoms with Gasteiger partial charge in [0.1, 0.15) is 10.6 Å². The van der Waals surface area contributed by atoms with Crippen molar-refractivity contribution in [3.05, 3.63) is 64.2 Å². The van der Waals surface area contributed by atoms with E-state index in [0.29, 0.717) is 6.54 Å². The van der Waals surface area contributed by atoms with Gasteiger partial charge in [-0.15, -0.1) is 11.3 Å². The zero-order chi connectivity index (χ0) is 19.5. The number of methoxy groups -OCH3 is 1. The van der Waals surface area contributed by atoms with Crippen molar-refractivity contribution in [3.63, 3.8) is 0 Å². The molecule has 28 heavy (non-hydrogen) atoms. The predicted octanol–water partition coefficient (Wildman–Crippen LogP) is 4.54. The number of thiazole rings is 1. The summed E-state index contributed by atoms with van der Waals surface area (Å²) in [5.74, 6) is 1.16. The van der Waals surface area contributed by atoms with Gasteiger partial charge in [-0.3, -0.25) is 9.78 Å². The topological polar surface area (TPSA) is 55.3 Å². The van der Waals surface area contributed by atoms with E-state index in [1.54, 1.807) is 12.6 Å². The zero-order valence-electron chi connectivity index (χ0n) is 16.1. The normalized spacial score (nSPS) is 16.8. The number of piperidine rings is 1. The van der Waals surface area contributed by atoms with Crippen LogP contribution in [0.5, 0.6) is 5.75 Å². The average molecular weight is 394 g/mol. The van der Waals surface area contributed by atoms with Crippen LogP contribution in [0.4, 0.5) is 0 Å². The molecule has 1 aromatic carbocycles. The quantitative estimate of drug-likeness (QED) is 0.653. The third-order valence-electron chi connectivity index (χ3n) is 5.20. The van der Waals surface area contributed by atoms with Crippen molar-refractivity contribution in [2.45, 2.75) is 25.7 Å². The summed E-state index contributed by atoms with van der Waals surface area (Å²) >= 11 is 1.42. The van der Waals surface area contributed by atoms with E-state index in [1.807, 2.05) is 48.2 Å². The molecule has 2 aromatic heterocycles. The van der Waals surface area contributed by atoms with Gasteiger partial charge in [0.05, 0.1) is 24.0 Å². The first-order valence-electron chi connectivity index (χ1n) is 9.46. The molecule has 1 aliphatic rings. The fraction of sp³-hybridized carbons (Fsp3) is 0.318. The fourth-order valence-electron chi connectivity index (χ4n) is 3.68. The molecule has 1 aliphatic heterocycles. The molecule has 1 atom stereocenters. The van der Waals surface area contributed by atoms with Crippen molar-refractivity contribution < 1.29 is 9.53 Å². The lowest BCUT2D eigenvalue weighted by atomic mass is 9.93. The predicted molar refractivity (Wildman–Crippen MR) is 111 cm³/mol. The van der Waals surface area contributed by atoms with Gasteiger partial charge in [-0.2, -0.15) is 0 Å². The van der Waals surface area contributed by atoms with Crippen molar-refractivity contribution in [3.8, 4) is 17.0 Å². The number of aromatic nitrogens is 2. The number of carbonyl (C=O) groups is 1. The highest BCUT2D eigenvalue weighted by molar-refractivity contribution is 7.11. The van der Waals surface area contributed by atoms with Gasteiger partial charge in [-0.05, 0) is 44.0 Å². The molecule has 0 radical (unpaired) electrons. The molecule has 4 rings (SSSR count). The van der Waals surface area contributed by atoms with Gasteiger partial charge >= 0.3 is 0 Å². The van der Waals surface area contributed by atoms with Crippen molar-refractivity contribution in [2.75, 3.05) is 20.2 Å². The maximum Gasteiger partial charge on any atom is 0.265 e. The number of aryl methyl sites for hydroxylation is 1. The summed E-state index contributed by atoms with van der Waals surface area (Å²) in [5.41, 5.74) is 5.56. The number of rotatable bonds is 4. The maximum absolute atomic E-state index is 12.9. The monoisotopic (exact) mass is 393 g/mol. The van der Waals surface area contributed by atoms with Crippen molar-refractivity contribution in [2.24, 2.45) is 0 Å².